The Hall–Kier alpha value is -2.39. The van der Waals surface area contributed by atoms with Crippen molar-refractivity contribution < 1.29 is 22.7 Å². The number of piperidine rings is 1. The van der Waals surface area contributed by atoms with Crippen LogP contribution in [0.2, 0.25) is 0 Å². The lowest BCUT2D eigenvalue weighted by Crippen LogP contribution is -2.48. The smallest absolute Gasteiger partial charge is 0.373 e. The summed E-state index contributed by atoms with van der Waals surface area (Å²) in [5, 5.41) is 3.57. The lowest BCUT2D eigenvalue weighted by molar-refractivity contribution is -0.141. The van der Waals surface area contributed by atoms with E-state index in [1.807, 2.05) is 4.90 Å². The summed E-state index contributed by atoms with van der Waals surface area (Å²) in [5.74, 6) is 0.529. The highest BCUT2D eigenvalue weighted by Gasteiger charge is 2.33. The number of carbonyl (C=O) groups excluding carboxylic acids is 1. The number of amides is 1. The molecule has 2 unspecified atom stereocenters. The fourth-order valence-electron chi connectivity index (χ4n) is 4.68. The van der Waals surface area contributed by atoms with Crippen LogP contribution in [0.1, 0.15) is 42.7 Å². The van der Waals surface area contributed by atoms with Gasteiger partial charge in [0.2, 0.25) is 0 Å². The van der Waals surface area contributed by atoms with Crippen LogP contribution in [0, 0.1) is 5.92 Å². The highest BCUT2D eigenvalue weighted by Crippen LogP contribution is 2.28. The zero-order valence-electron chi connectivity index (χ0n) is 18.4. The first kappa shape index (κ1) is 22.8. The summed E-state index contributed by atoms with van der Waals surface area (Å²) in [7, 11) is 0. The van der Waals surface area contributed by atoms with Crippen LogP contribution < -0.4 is 0 Å². The molecular formula is C23H29F3N4O2. The number of alkyl halides is 3. The number of carbonyl (C=O) groups is 1. The van der Waals surface area contributed by atoms with E-state index in [4.69, 9.17) is 4.74 Å². The topological polar surface area (TPSA) is 50.6 Å². The quantitative estimate of drug-likeness (QED) is 0.710. The molecule has 2 aliphatic rings. The molecule has 3 heterocycles. The van der Waals surface area contributed by atoms with Gasteiger partial charge in [-0.2, -0.15) is 18.3 Å². The van der Waals surface area contributed by atoms with Crippen molar-refractivity contribution in [2.45, 2.75) is 45.1 Å². The van der Waals surface area contributed by atoms with Crippen LogP contribution in [-0.4, -0.2) is 70.4 Å². The van der Waals surface area contributed by atoms with Crippen molar-refractivity contribution in [3.05, 3.63) is 47.8 Å². The van der Waals surface area contributed by atoms with Crippen molar-refractivity contribution in [3.63, 3.8) is 0 Å². The number of ether oxygens (including phenoxy) is 1. The predicted molar refractivity (Wildman–Crippen MR) is 114 cm³/mol. The Bertz CT molecular complexity index is 910. The zero-order valence-corrected chi connectivity index (χ0v) is 18.4. The Balaban J connectivity index is 1.31. The minimum Gasteiger partial charge on any atom is -0.373 e. The van der Waals surface area contributed by atoms with Crippen LogP contribution in [-0.2, 0) is 10.9 Å². The fourth-order valence-corrected chi connectivity index (χ4v) is 4.68. The fraction of sp³-hybridized carbons (Fsp3) is 0.565. The van der Waals surface area contributed by atoms with Crippen molar-refractivity contribution in [2.75, 3.05) is 32.7 Å². The molecule has 1 aromatic carbocycles. The molecule has 2 atom stereocenters. The standard InChI is InChI=1S/C23H29F3N4O2/c1-16-13-28(14-17(2)32-16)15-18-7-10-29(11-8-18)22(31)19-3-5-20(6-4-19)30-12-9-21(27-30)23(24,25)26/h3-6,9,12,16-18H,7-8,10-11,13-15H2,1-2H3. The van der Waals surface area contributed by atoms with E-state index in [9.17, 15) is 18.0 Å². The Kier molecular flexibility index (Phi) is 6.57. The average Bonchev–Trinajstić information content (AvgIpc) is 3.24. The zero-order chi connectivity index (χ0) is 22.9. The number of benzene rings is 1. The summed E-state index contributed by atoms with van der Waals surface area (Å²) in [5.41, 5.74) is 0.0671. The SMILES string of the molecule is CC1CN(CC2CCN(C(=O)c3ccc(-n4ccc(C(F)(F)F)n4)cc3)CC2)CC(C)O1. The number of rotatable bonds is 4. The highest BCUT2D eigenvalue weighted by molar-refractivity contribution is 5.94. The van der Waals surface area contributed by atoms with E-state index in [2.05, 4.69) is 23.8 Å². The lowest BCUT2D eigenvalue weighted by Gasteiger charge is -2.39. The first-order valence-electron chi connectivity index (χ1n) is 11.1. The summed E-state index contributed by atoms with van der Waals surface area (Å²) in [4.78, 5) is 17.2. The van der Waals surface area contributed by atoms with Gasteiger partial charge in [0, 0.05) is 44.5 Å². The number of morpholine rings is 1. The molecule has 9 heteroatoms. The molecule has 2 fully saturated rings. The van der Waals surface area contributed by atoms with Crippen molar-refractivity contribution in [2.24, 2.45) is 5.92 Å². The van der Waals surface area contributed by atoms with Crippen molar-refractivity contribution in [1.29, 1.82) is 0 Å². The molecule has 0 bridgehead atoms. The molecule has 174 valence electrons. The molecule has 2 saturated heterocycles. The van der Waals surface area contributed by atoms with Gasteiger partial charge < -0.3 is 9.64 Å². The van der Waals surface area contributed by atoms with Crippen LogP contribution in [0.5, 0.6) is 0 Å². The number of hydrogen-bond donors (Lipinski definition) is 0. The molecule has 0 spiro atoms. The molecule has 0 saturated carbocycles. The van der Waals surface area contributed by atoms with Crippen LogP contribution in [0.4, 0.5) is 13.2 Å². The normalized spacial score (nSPS) is 23.5. The predicted octanol–water partition coefficient (Wildman–Crippen LogP) is 3.85. The van der Waals surface area contributed by atoms with Crippen molar-refractivity contribution >= 4 is 5.91 Å². The second-order valence-corrected chi connectivity index (χ2v) is 8.90. The van der Waals surface area contributed by atoms with E-state index in [1.165, 1.54) is 6.20 Å². The Morgan fingerprint density at radius 2 is 1.69 bits per heavy atom. The van der Waals surface area contributed by atoms with E-state index in [-0.39, 0.29) is 18.1 Å². The van der Waals surface area contributed by atoms with Crippen LogP contribution >= 0.6 is 0 Å². The second-order valence-electron chi connectivity index (χ2n) is 8.90. The summed E-state index contributed by atoms with van der Waals surface area (Å²) >= 11 is 0. The molecule has 0 aliphatic carbocycles. The van der Waals surface area contributed by atoms with E-state index in [0.717, 1.165) is 56.3 Å². The molecule has 2 aliphatic heterocycles. The second kappa shape index (κ2) is 9.23. The number of aromatic nitrogens is 2. The monoisotopic (exact) mass is 450 g/mol. The van der Waals surface area contributed by atoms with Gasteiger partial charge in [-0.1, -0.05) is 0 Å². The van der Waals surface area contributed by atoms with Crippen LogP contribution in [0.3, 0.4) is 0 Å². The molecule has 6 nitrogen and oxygen atoms in total. The largest absolute Gasteiger partial charge is 0.435 e. The van der Waals surface area contributed by atoms with Gasteiger partial charge in [-0.25, -0.2) is 4.68 Å². The molecule has 4 rings (SSSR count). The maximum atomic E-state index is 12.9. The maximum Gasteiger partial charge on any atom is 0.435 e. The molecule has 0 radical (unpaired) electrons. The maximum absolute atomic E-state index is 12.9. The summed E-state index contributed by atoms with van der Waals surface area (Å²) in [6.45, 7) is 8.60. The first-order valence-corrected chi connectivity index (χ1v) is 11.1. The first-order chi connectivity index (χ1) is 15.2. The van der Waals surface area contributed by atoms with Crippen molar-refractivity contribution in [1.82, 2.24) is 19.6 Å². The van der Waals surface area contributed by atoms with Gasteiger partial charge in [0.25, 0.3) is 5.91 Å². The molecule has 0 N–H and O–H groups in total. The van der Waals surface area contributed by atoms with Gasteiger partial charge in [0.1, 0.15) is 0 Å². The average molecular weight is 451 g/mol. The van der Waals surface area contributed by atoms with Crippen LogP contribution in [0.25, 0.3) is 5.69 Å². The number of likely N-dealkylation sites (tertiary alicyclic amines) is 1. The molecule has 1 amide bonds. The van der Waals surface area contributed by atoms with E-state index < -0.39 is 11.9 Å². The molecule has 32 heavy (non-hydrogen) atoms. The summed E-state index contributed by atoms with van der Waals surface area (Å²) < 4.78 is 45.2. The Morgan fingerprint density at radius 1 is 1.06 bits per heavy atom. The lowest BCUT2D eigenvalue weighted by atomic mass is 9.95. The van der Waals surface area contributed by atoms with Gasteiger partial charge in [-0.05, 0) is 62.9 Å². The van der Waals surface area contributed by atoms with Gasteiger partial charge in [0.15, 0.2) is 5.69 Å². The van der Waals surface area contributed by atoms with Crippen LogP contribution in [0.15, 0.2) is 36.5 Å². The minimum atomic E-state index is -4.48. The molecule has 1 aromatic heterocycles. The molecule has 2 aromatic rings. The summed E-state index contributed by atoms with van der Waals surface area (Å²) in [6.07, 6.45) is -0.767. The van der Waals surface area contributed by atoms with Gasteiger partial charge in [0.05, 0.1) is 17.9 Å². The van der Waals surface area contributed by atoms with Gasteiger partial charge in [-0.3, -0.25) is 9.69 Å². The van der Waals surface area contributed by atoms with E-state index >= 15 is 0 Å². The summed E-state index contributed by atoms with van der Waals surface area (Å²) in [6, 6.07) is 7.47. The highest BCUT2D eigenvalue weighted by atomic mass is 19.4. The Morgan fingerprint density at radius 3 is 2.25 bits per heavy atom. The van der Waals surface area contributed by atoms with E-state index in [0.29, 0.717) is 17.2 Å². The number of hydrogen-bond acceptors (Lipinski definition) is 4. The minimum absolute atomic E-state index is 0.0416. The number of halogens is 3. The third kappa shape index (κ3) is 5.32. The molecular weight excluding hydrogens is 421 g/mol. The van der Waals surface area contributed by atoms with Crippen molar-refractivity contribution in [3.8, 4) is 5.69 Å². The third-order valence-electron chi connectivity index (χ3n) is 6.17. The van der Waals surface area contributed by atoms with Gasteiger partial charge >= 0.3 is 6.18 Å². The third-order valence-corrected chi connectivity index (χ3v) is 6.17. The van der Waals surface area contributed by atoms with Gasteiger partial charge in [-0.15, -0.1) is 0 Å². The Labute approximate surface area is 185 Å². The number of nitrogens with zero attached hydrogens (tertiary/aromatic N) is 4. The van der Waals surface area contributed by atoms with E-state index in [1.54, 1.807) is 24.3 Å².